The Labute approximate surface area is 539 Å². The van der Waals surface area contributed by atoms with Crippen LogP contribution in [0.25, 0.3) is 213 Å². The third-order valence-electron chi connectivity index (χ3n) is 19.7. The summed E-state index contributed by atoms with van der Waals surface area (Å²) >= 11 is 7.60. The van der Waals surface area contributed by atoms with Gasteiger partial charge < -0.3 is 18.0 Å². The lowest BCUT2D eigenvalue weighted by Gasteiger charge is -2.11. The van der Waals surface area contributed by atoms with Crippen molar-refractivity contribution in [1.29, 1.82) is 0 Å². The van der Waals surface area contributed by atoms with E-state index in [0.29, 0.717) is 0 Å². The zero-order valence-corrected chi connectivity index (χ0v) is 52.0. The van der Waals surface area contributed by atoms with E-state index in [1.54, 1.807) is 0 Å². The standard InChI is InChI=1S/C84H44N2O2S4/c1-6-25-67-58(17-1)79-69(34-35-73-80(79)59-18-3-8-27-72(59)87-73)85(67)47-31-36-78-63(41-47)56-23-13-24-57(83(56)92-78)66-40-46(39-65-51-16-5-10-29-76(51)90-84(65)66)45-30-33-68-60(38-45)61-43-62-49-14-2-7-26-71(49)88-74(62)44-70(61)86(68)48-32-37-77-64(42-48)55-22-12-21-54(82(55)91-77)53-20-11-19-52-50-15-4-9-28-75(50)89-81(52)53/h1-44H. The molecular formula is C84H44N2O2S4. The zero-order chi connectivity index (χ0) is 59.6. The van der Waals surface area contributed by atoms with Crippen LogP contribution in [0.2, 0.25) is 0 Å². The Morgan fingerprint density at radius 3 is 1.38 bits per heavy atom. The van der Waals surface area contributed by atoms with Gasteiger partial charge in [0, 0.05) is 163 Å². The molecule has 0 atom stereocenters. The summed E-state index contributed by atoms with van der Waals surface area (Å²) in [5, 5.41) is 19.6. The van der Waals surface area contributed by atoms with Gasteiger partial charge in [-0.2, -0.15) is 0 Å². The molecule has 0 bridgehead atoms. The van der Waals surface area contributed by atoms with E-state index in [-0.39, 0.29) is 0 Å². The quantitative estimate of drug-likeness (QED) is 0.172. The van der Waals surface area contributed by atoms with E-state index in [0.717, 1.165) is 60.9 Å². The Balaban J connectivity index is 0.727. The smallest absolute Gasteiger partial charge is 0.137 e. The topological polar surface area (TPSA) is 36.1 Å². The van der Waals surface area contributed by atoms with Crippen LogP contribution in [0.15, 0.2) is 276 Å². The first-order valence-corrected chi connectivity index (χ1v) is 34.4. The Morgan fingerprint density at radius 1 is 0.217 bits per heavy atom. The average Bonchev–Trinajstić information content (AvgIpc) is 1.57. The van der Waals surface area contributed by atoms with Crippen LogP contribution in [0.3, 0.4) is 0 Å². The normalized spacial score (nSPS) is 12.6. The van der Waals surface area contributed by atoms with Crippen LogP contribution in [0.1, 0.15) is 0 Å². The Hall–Kier alpha value is -10.8. The summed E-state index contributed by atoms with van der Waals surface area (Å²) in [6.07, 6.45) is 0. The highest BCUT2D eigenvalue weighted by Crippen LogP contribution is 2.51. The SMILES string of the molecule is c1ccc2c(c1)oc1cc3c(cc12)c1cc(-c2cc(-c4cccc5c4sc4ccc(-n6c7ccccc7c7c8c(ccc76)oc6ccccc68)cc45)c4sc5ccccc5c4c2)ccc1n3-c1ccc2sc3c(-c4cccc5c4sc4ccccc45)cccc3c2c1. The predicted molar refractivity (Wildman–Crippen MR) is 398 cm³/mol. The van der Waals surface area contributed by atoms with Gasteiger partial charge in [0.1, 0.15) is 22.3 Å². The molecule has 0 saturated carbocycles. The molecule has 0 aliphatic heterocycles. The molecular weight excluding hydrogens is 1200 g/mol. The maximum atomic E-state index is 6.70. The van der Waals surface area contributed by atoms with Gasteiger partial charge in [-0.15, -0.1) is 45.3 Å². The minimum absolute atomic E-state index is 0.882. The van der Waals surface area contributed by atoms with Crippen molar-refractivity contribution in [2.45, 2.75) is 0 Å². The van der Waals surface area contributed by atoms with Gasteiger partial charge in [0.25, 0.3) is 0 Å². The number of nitrogens with zero attached hydrogens (tertiary/aromatic N) is 2. The molecule has 8 heteroatoms. The first kappa shape index (κ1) is 50.0. The monoisotopic (exact) mass is 1240 g/mol. The molecule has 4 nitrogen and oxygen atoms in total. The lowest BCUT2D eigenvalue weighted by atomic mass is 9.94. The first-order valence-electron chi connectivity index (χ1n) is 31.1. The zero-order valence-electron chi connectivity index (χ0n) is 48.7. The molecule has 426 valence electrons. The molecule has 0 radical (unpaired) electrons. The number of hydrogen-bond donors (Lipinski definition) is 0. The van der Waals surface area contributed by atoms with Crippen LogP contribution in [-0.4, -0.2) is 9.13 Å². The minimum atomic E-state index is 0.882. The maximum Gasteiger partial charge on any atom is 0.137 e. The van der Waals surface area contributed by atoms with Crippen molar-refractivity contribution in [2.24, 2.45) is 0 Å². The highest BCUT2D eigenvalue weighted by Gasteiger charge is 2.24. The van der Waals surface area contributed by atoms with Gasteiger partial charge in [-0.1, -0.05) is 152 Å². The second-order valence-electron chi connectivity index (χ2n) is 24.5. The van der Waals surface area contributed by atoms with Crippen LogP contribution in [0, 0.1) is 0 Å². The molecule has 92 heavy (non-hydrogen) atoms. The lowest BCUT2D eigenvalue weighted by Crippen LogP contribution is -1.93. The average molecular weight is 1240 g/mol. The number of fused-ring (bicyclic) bond motifs is 25. The molecule has 0 fully saturated rings. The maximum absolute atomic E-state index is 6.70. The summed E-state index contributed by atoms with van der Waals surface area (Å²) < 4.78 is 28.5. The second-order valence-corrected chi connectivity index (χ2v) is 28.7. The molecule has 0 unspecified atom stereocenters. The molecule has 8 aromatic heterocycles. The van der Waals surface area contributed by atoms with Crippen LogP contribution in [-0.2, 0) is 0 Å². The number of rotatable bonds is 5. The van der Waals surface area contributed by atoms with E-state index in [4.69, 9.17) is 8.83 Å². The van der Waals surface area contributed by atoms with Gasteiger partial charge in [-0.3, -0.25) is 0 Å². The van der Waals surface area contributed by atoms with Gasteiger partial charge >= 0.3 is 0 Å². The van der Waals surface area contributed by atoms with Crippen molar-refractivity contribution < 1.29 is 8.83 Å². The largest absolute Gasteiger partial charge is 0.456 e. The Kier molecular flexibility index (Phi) is 10.0. The van der Waals surface area contributed by atoms with Crippen molar-refractivity contribution in [3.05, 3.63) is 267 Å². The van der Waals surface area contributed by atoms with Crippen molar-refractivity contribution in [3.8, 4) is 44.8 Å². The predicted octanol–water partition coefficient (Wildman–Crippen LogP) is 26.2. The molecule has 0 spiro atoms. The summed E-state index contributed by atoms with van der Waals surface area (Å²) in [6, 6.07) is 99.4. The van der Waals surface area contributed by atoms with E-state index in [1.807, 2.05) is 45.3 Å². The van der Waals surface area contributed by atoms with E-state index in [1.165, 1.54) is 152 Å². The first-order chi connectivity index (χ1) is 45.6. The van der Waals surface area contributed by atoms with Gasteiger partial charge in [0.15, 0.2) is 0 Å². The third-order valence-corrected chi connectivity index (χ3v) is 24.6. The molecule has 0 saturated heterocycles. The number of furan rings is 2. The van der Waals surface area contributed by atoms with Gasteiger partial charge in [-0.25, -0.2) is 0 Å². The summed E-state index contributed by atoms with van der Waals surface area (Å²) in [6.45, 7) is 0. The number of hydrogen-bond acceptors (Lipinski definition) is 6. The molecule has 0 amide bonds. The number of benzene rings is 14. The molecule has 0 aliphatic carbocycles. The van der Waals surface area contributed by atoms with Crippen molar-refractivity contribution in [2.75, 3.05) is 0 Å². The third kappa shape index (κ3) is 6.83. The Bertz CT molecular complexity index is 7030. The molecule has 22 aromatic rings. The fourth-order valence-electron chi connectivity index (χ4n) is 15.7. The molecule has 22 rings (SSSR count). The highest BCUT2D eigenvalue weighted by molar-refractivity contribution is 7.28. The van der Waals surface area contributed by atoms with Gasteiger partial charge in [0.2, 0.25) is 0 Å². The van der Waals surface area contributed by atoms with Crippen LogP contribution in [0.4, 0.5) is 0 Å². The summed E-state index contributed by atoms with van der Waals surface area (Å²) in [7, 11) is 0. The molecule has 14 aromatic carbocycles. The minimum Gasteiger partial charge on any atom is -0.456 e. The van der Waals surface area contributed by atoms with Crippen molar-refractivity contribution >= 4 is 214 Å². The van der Waals surface area contributed by atoms with Crippen molar-refractivity contribution in [1.82, 2.24) is 9.13 Å². The van der Waals surface area contributed by atoms with Gasteiger partial charge in [0.05, 0.1) is 22.1 Å². The summed E-state index contributed by atoms with van der Waals surface area (Å²) in [5.41, 5.74) is 17.9. The van der Waals surface area contributed by atoms with Crippen LogP contribution in [0.5, 0.6) is 0 Å². The highest BCUT2D eigenvalue weighted by atomic mass is 32.1. The van der Waals surface area contributed by atoms with Gasteiger partial charge in [-0.05, 0) is 120 Å². The summed E-state index contributed by atoms with van der Waals surface area (Å²) in [4.78, 5) is 0. The second kappa shape index (κ2) is 18.4. The molecule has 0 aliphatic rings. The molecule has 8 heterocycles. The summed E-state index contributed by atoms with van der Waals surface area (Å²) in [5.74, 6) is 0. The van der Waals surface area contributed by atoms with Crippen LogP contribution < -0.4 is 0 Å². The fraction of sp³-hybridized carbons (Fsp3) is 0. The lowest BCUT2D eigenvalue weighted by molar-refractivity contribution is 0.669. The number of para-hydroxylation sites is 3. The molecule has 0 N–H and O–H groups in total. The van der Waals surface area contributed by atoms with Crippen LogP contribution >= 0.6 is 45.3 Å². The Morgan fingerprint density at radius 2 is 0.696 bits per heavy atom. The van der Waals surface area contributed by atoms with E-state index in [2.05, 4.69) is 276 Å². The van der Waals surface area contributed by atoms with Crippen molar-refractivity contribution in [3.63, 3.8) is 0 Å². The number of aromatic nitrogens is 2. The van der Waals surface area contributed by atoms with E-state index in [9.17, 15) is 0 Å². The van der Waals surface area contributed by atoms with E-state index < -0.39 is 0 Å². The fourth-order valence-corrected chi connectivity index (χ4v) is 20.5. The van der Waals surface area contributed by atoms with E-state index >= 15 is 0 Å². The number of thiophene rings is 4.